The van der Waals surface area contributed by atoms with Crippen molar-refractivity contribution in [1.29, 1.82) is 0 Å². The highest BCUT2D eigenvalue weighted by Gasteiger charge is 2.30. The van der Waals surface area contributed by atoms with Crippen molar-refractivity contribution in [1.82, 2.24) is 10.8 Å². The first-order valence-corrected chi connectivity index (χ1v) is 10.5. The van der Waals surface area contributed by atoms with E-state index < -0.39 is 17.8 Å². The Hall–Kier alpha value is -2.89. The summed E-state index contributed by atoms with van der Waals surface area (Å²) in [5.41, 5.74) is 2.61. The number of amides is 2. The predicted octanol–water partition coefficient (Wildman–Crippen LogP) is 5.91. The summed E-state index contributed by atoms with van der Waals surface area (Å²) in [7, 11) is 0. The van der Waals surface area contributed by atoms with Crippen molar-refractivity contribution >= 4 is 50.5 Å². The fraction of sp³-hybridized carbons (Fsp3) is 0.100. The van der Waals surface area contributed by atoms with E-state index >= 15 is 0 Å². The second kappa shape index (κ2) is 9.94. The number of aliphatic imine (C=N–C) groups is 1. The fourth-order valence-corrected chi connectivity index (χ4v) is 3.77. The van der Waals surface area contributed by atoms with Gasteiger partial charge in [-0.2, -0.15) is 13.2 Å². The SMILES string of the molecule is O=C(NCc1csc(C(=Nc2cccc(Br)c2)NO)c1)Nc1cccc(C(F)(F)F)c1. The molecule has 6 nitrogen and oxygen atoms in total. The van der Waals surface area contributed by atoms with Crippen LogP contribution in [-0.2, 0) is 12.7 Å². The van der Waals surface area contributed by atoms with E-state index in [4.69, 9.17) is 0 Å². The summed E-state index contributed by atoms with van der Waals surface area (Å²) >= 11 is 4.66. The second-order valence-corrected chi connectivity index (χ2v) is 8.08. The number of benzene rings is 2. The predicted molar refractivity (Wildman–Crippen MR) is 117 cm³/mol. The van der Waals surface area contributed by atoms with Crippen LogP contribution >= 0.6 is 27.3 Å². The summed E-state index contributed by atoms with van der Waals surface area (Å²) in [4.78, 5) is 17.0. The fourth-order valence-electron chi connectivity index (χ4n) is 2.53. The molecule has 0 atom stereocenters. The monoisotopic (exact) mass is 512 g/mol. The van der Waals surface area contributed by atoms with Gasteiger partial charge in [-0.25, -0.2) is 9.79 Å². The van der Waals surface area contributed by atoms with Crippen molar-refractivity contribution in [2.45, 2.75) is 12.7 Å². The minimum absolute atomic E-state index is 0.0336. The summed E-state index contributed by atoms with van der Waals surface area (Å²) < 4.78 is 39.1. The lowest BCUT2D eigenvalue weighted by Crippen LogP contribution is -2.28. The summed E-state index contributed by atoms with van der Waals surface area (Å²) in [6, 6.07) is 12.7. The summed E-state index contributed by atoms with van der Waals surface area (Å²) in [6.07, 6.45) is -4.49. The van der Waals surface area contributed by atoms with Gasteiger partial charge in [-0.15, -0.1) is 11.3 Å². The smallest absolute Gasteiger partial charge is 0.334 e. The molecule has 0 aliphatic carbocycles. The van der Waals surface area contributed by atoms with Gasteiger partial charge in [0, 0.05) is 16.7 Å². The zero-order chi connectivity index (χ0) is 22.4. The molecule has 3 rings (SSSR count). The molecule has 0 saturated heterocycles. The number of hydrogen-bond donors (Lipinski definition) is 4. The van der Waals surface area contributed by atoms with E-state index in [9.17, 15) is 23.2 Å². The molecule has 0 saturated carbocycles. The van der Waals surface area contributed by atoms with Gasteiger partial charge in [-0.3, -0.25) is 10.7 Å². The van der Waals surface area contributed by atoms with E-state index in [1.54, 1.807) is 23.6 Å². The molecule has 0 aliphatic heterocycles. The quantitative estimate of drug-likeness (QED) is 0.195. The Morgan fingerprint density at radius 3 is 2.61 bits per heavy atom. The molecule has 1 heterocycles. The summed E-state index contributed by atoms with van der Waals surface area (Å²) in [6.45, 7) is 0.136. The van der Waals surface area contributed by atoms with Crippen molar-refractivity contribution in [2.24, 2.45) is 4.99 Å². The van der Waals surface area contributed by atoms with E-state index in [1.807, 2.05) is 12.1 Å². The van der Waals surface area contributed by atoms with Gasteiger partial charge in [0.15, 0.2) is 5.84 Å². The standard InChI is InChI=1S/C20H16BrF3N4O2S/c21-14-4-2-6-16(9-14)26-18(28-30)17-7-12(11-31-17)10-25-19(29)27-15-5-1-3-13(8-15)20(22,23)24/h1-9,11,30H,10H2,(H,26,28)(H2,25,27,29). The zero-order valence-corrected chi connectivity index (χ0v) is 18.1. The van der Waals surface area contributed by atoms with E-state index in [2.05, 4.69) is 37.0 Å². The molecule has 0 unspecified atom stereocenters. The molecule has 0 aliphatic rings. The maximum absolute atomic E-state index is 12.8. The zero-order valence-electron chi connectivity index (χ0n) is 15.7. The van der Waals surface area contributed by atoms with Crippen molar-refractivity contribution in [2.75, 3.05) is 5.32 Å². The first kappa shape index (κ1) is 22.8. The highest BCUT2D eigenvalue weighted by molar-refractivity contribution is 9.10. The van der Waals surface area contributed by atoms with Gasteiger partial charge in [-0.1, -0.05) is 28.1 Å². The molecule has 0 bridgehead atoms. The van der Waals surface area contributed by atoms with Crippen LogP contribution in [0.15, 0.2) is 69.4 Å². The van der Waals surface area contributed by atoms with Crippen molar-refractivity contribution in [3.05, 3.63) is 80.5 Å². The maximum atomic E-state index is 12.8. The molecule has 0 radical (unpaired) electrons. The highest BCUT2D eigenvalue weighted by Crippen LogP contribution is 2.30. The van der Waals surface area contributed by atoms with E-state index in [-0.39, 0.29) is 18.1 Å². The molecule has 2 aromatic carbocycles. The van der Waals surface area contributed by atoms with Crippen LogP contribution < -0.4 is 16.1 Å². The topological polar surface area (TPSA) is 85.8 Å². The van der Waals surface area contributed by atoms with Crippen LogP contribution in [-0.4, -0.2) is 17.1 Å². The third kappa shape index (κ3) is 6.54. The summed E-state index contributed by atoms with van der Waals surface area (Å²) in [5, 5.41) is 16.2. The van der Waals surface area contributed by atoms with Gasteiger partial charge in [0.1, 0.15) is 0 Å². The van der Waals surface area contributed by atoms with Crippen LogP contribution in [0.2, 0.25) is 0 Å². The lowest BCUT2D eigenvalue weighted by atomic mass is 10.2. The molecular weight excluding hydrogens is 497 g/mol. The van der Waals surface area contributed by atoms with E-state index in [0.29, 0.717) is 10.6 Å². The number of hydroxylamine groups is 1. The number of nitrogens with zero attached hydrogens (tertiary/aromatic N) is 1. The minimum atomic E-state index is -4.49. The average molecular weight is 513 g/mol. The normalized spacial score (nSPS) is 11.8. The van der Waals surface area contributed by atoms with Crippen LogP contribution in [0.4, 0.5) is 29.3 Å². The first-order valence-electron chi connectivity index (χ1n) is 8.79. The number of amidine groups is 1. The number of thiophene rings is 1. The lowest BCUT2D eigenvalue weighted by Gasteiger charge is -2.10. The van der Waals surface area contributed by atoms with Crippen molar-refractivity contribution < 1.29 is 23.2 Å². The van der Waals surface area contributed by atoms with Gasteiger partial charge in [0.25, 0.3) is 0 Å². The molecule has 11 heteroatoms. The molecule has 2 amide bonds. The Morgan fingerprint density at radius 2 is 1.90 bits per heavy atom. The number of carbonyl (C=O) groups excluding carboxylic acids is 1. The number of alkyl halides is 3. The van der Waals surface area contributed by atoms with Crippen LogP contribution in [0.25, 0.3) is 0 Å². The Bertz CT molecular complexity index is 1100. The Balaban J connectivity index is 1.61. The third-order valence-corrected chi connectivity index (χ3v) is 5.42. The number of nitrogens with one attached hydrogen (secondary N) is 3. The first-order chi connectivity index (χ1) is 14.7. The Labute approximate surface area is 187 Å². The van der Waals surface area contributed by atoms with Gasteiger partial charge in [0.2, 0.25) is 0 Å². The van der Waals surface area contributed by atoms with Crippen LogP contribution in [0.3, 0.4) is 0 Å². The summed E-state index contributed by atoms with van der Waals surface area (Å²) in [5.74, 6) is 0.239. The molecule has 0 fully saturated rings. The van der Waals surface area contributed by atoms with Gasteiger partial charge in [0.05, 0.1) is 16.1 Å². The Kier molecular flexibility index (Phi) is 7.31. The number of hydrogen-bond acceptors (Lipinski definition) is 4. The molecule has 4 N–H and O–H groups in total. The highest BCUT2D eigenvalue weighted by atomic mass is 79.9. The molecule has 1 aromatic heterocycles. The van der Waals surface area contributed by atoms with Crippen molar-refractivity contribution in [3.8, 4) is 0 Å². The van der Waals surface area contributed by atoms with Gasteiger partial charge < -0.3 is 10.6 Å². The third-order valence-electron chi connectivity index (χ3n) is 3.94. The van der Waals surface area contributed by atoms with Crippen LogP contribution in [0, 0.1) is 0 Å². The number of anilines is 1. The molecule has 3 aromatic rings. The van der Waals surface area contributed by atoms with E-state index in [1.165, 1.54) is 23.5 Å². The number of carbonyl (C=O) groups is 1. The molecule has 31 heavy (non-hydrogen) atoms. The van der Waals surface area contributed by atoms with E-state index in [0.717, 1.165) is 22.2 Å². The molecular formula is C20H16BrF3N4O2S. The number of halogens is 4. The molecule has 0 spiro atoms. The Morgan fingerprint density at radius 1 is 1.13 bits per heavy atom. The van der Waals surface area contributed by atoms with Crippen molar-refractivity contribution in [3.63, 3.8) is 0 Å². The van der Waals surface area contributed by atoms with Crippen LogP contribution in [0.5, 0.6) is 0 Å². The molecule has 162 valence electrons. The minimum Gasteiger partial charge on any atom is -0.334 e. The maximum Gasteiger partial charge on any atom is 0.416 e. The van der Waals surface area contributed by atoms with Gasteiger partial charge >= 0.3 is 12.2 Å². The largest absolute Gasteiger partial charge is 0.416 e. The van der Waals surface area contributed by atoms with Gasteiger partial charge in [-0.05, 0) is 53.4 Å². The van der Waals surface area contributed by atoms with Crippen LogP contribution in [0.1, 0.15) is 16.0 Å². The number of rotatable bonds is 5. The lowest BCUT2D eigenvalue weighted by molar-refractivity contribution is -0.137. The number of urea groups is 1. The second-order valence-electron chi connectivity index (χ2n) is 6.26. The average Bonchev–Trinajstić information content (AvgIpc) is 3.19.